The maximum atomic E-state index is 12.9. The van der Waals surface area contributed by atoms with E-state index in [2.05, 4.69) is 10.6 Å². The summed E-state index contributed by atoms with van der Waals surface area (Å²) in [7, 11) is 1.32. The predicted octanol–water partition coefficient (Wildman–Crippen LogP) is 3.18. The summed E-state index contributed by atoms with van der Waals surface area (Å²) >= 11 is 0. The number of carbonyl (C=O) groups is 3. The van der Waals surface area contributed by atoms with E-state index in [0.717, 1.165) is 37.7 Å². The average molecular weight is 405 g/mol. The topological polar surface area (TPSA) is 93.7 Å². The Morgan fingerprint density at radius 3 is 2.28 bits per heavy atom. The van der Waals surface area contributed by atoms with E-state index in [1.165, 1.54) is 7.11 Å². The van der Waals surface area contributed by atoms with Crippen LogP contribution in [0.4, 0.5) is 4.79 Å². The van der Waals surface area contributed by atoms with E-state index in [9.17, 15) is 14.4 Å². The maximum Gasteiger partial charge on any atom is 0.408 e. The minimum absolute atomic E-state index is 0.0537. The molecule has 1 aliphatic rings. The van der Waals surface area contributed by atoms with Gasteiger partial charge in [-0.1, -0.05) is 63.4 Å². The minimum atomic E-state index is -0.811. The van der Waals surface area contributed by atoms with Crippen LogP contribution in [0.1, 0.15) is 51.5 Å². The van der Waals surface area contributed by atoms with Gasteiger partial charge in [-0.15, -0.1) is 0 Å². The van der Waals surface area contributed by atoms with E-state index in [0.29, 0.717) is 0 Å². The van der Waals surface area contributed by atoms with Crippen molar-refractivity contribution in [1.29, 1.82) is 0 Å². The summed E-state index contributed by atoms with van der Waals surface area (Å²) < 4.78 is 10.1. The standard InChI is InChI=1S/C22H32N2O5/c1-15(2)18(24-22(27)29-14-16-10-6-4-7-11-16)20(25)23-19(21(26)28-3)17-12-8-5-9-13-17/h4,6-7,10-11,15,17-19H,5,8-9,12-14H2,1-3H3,(H,23,25)(H,24,27). The second kappa shape index (κ2) is 11.4. The molecule has 1 aliphatic carbocycles. The van der Waals surface area contributed by atoms with E-state index in [4.69, 9.17) is 9.47 Å². The molecule has 0 radical (unpaired) electrons. The number of methoxy groups -OCH3 is 1. The summed E-state index contributed by atoms with van der Waals surface area (Å²) in [6.45, 7) is 3.77. The number of hydrogen-bond donors (Lipinski definition) is 2. The van der Waals surface area contributed by atoms with Crippen LogP contribution in [0, 0.1) is 11.8 Å². The molecule has 160 valence electrons. The zero-order chi connectivity index (χ0) is 21.2. The van der Waals surface area contributed by atoms with Crippen molar-refractivity contribution in [1.82, 2.24) is 10.6 Å². The van der Waals surface area contributed by atoms with Crippen molar-refractivity contribution < 1.29 is 23.9 Å². The second-order valence-electron chi connectivity index (χ2n) is 7.84. The first kappa shape index (κ1) is 22.7. The molecule has 0 spiro atoms. The molecule has 2 atom stereocenters. The number of nitrogens with one attached hydrogen (secondary N) is 2. The molecule has 2 N–H and O–H groups in total. The summed E-state index contributed by atoms with van der Waals surface area (Å²) in [5.74, 6) is -0.973. The van der Waals surface area contributed by atoms with Crippen molar-refractivity contribution in [2.24, 2.45) is 11.8 Å². The molecule has 2 rings (SSSR count). The normalized spacial score (nSPS) is 16.6. The van der Waals surface area contributed by atoms with E-state index in [1.54, 1.807) is 0 Å². The molecule has 0 aromatic heterocycles. The highest BCUT2D eigenvalue weighted by Gasteiger charge is 2.34. The molecule has 0 heterocycles. The lowest BCUT2D eigenvalue weighted by Crippen LogP contribution is -2.56. The third-order valence-electron chi connectivity index (χ3n) is 5.31. The molecule has 0 aliphatic heterocycles. The van der Waals surface area contributed by atoms with Crippen LogP contribution < -0.4 is 10.6 Å². The Morgan fingerprint density at radius 2 is 1.69 bits per heavy atom. The molecule has 2 amide bonds. The first-order valence-corrected chi connectivity index (χ1v) is 10.3. The zero-order valence-corrected chi connectivity index (χ0v) is 17.5. The molecule has 7 heteroatoms. The van der Waals surface area contributed by atoms with Gasteiger partial charge in [0.25, 0.3) is 0 Å². The van der Waals surface area contributed by atoms with Gasteiger partial charge in [-0.25, -0.2) is 9.59 Å². The Morgan fingerprint density at radius 1 is 1.03 bits per heavy atom. The molecule has 29 heavy (non-hydrogen) atoms. The number of hydrogen-bond acceptors (Lipinski definition) is 5. The Hall–Kier alpha value is -2.57. The van der Waals surface area contributed by atoms with Gasteiger partial charge in [-0.3, -0.25) is 4.79 Å². The number of rotatable bonds is 8. The molecule has 0 bridgehead atoms. The summed E-state index contributed by atoms with van der Waals surface area (Å²) in [5.41, 5.74) is 0.858. The van der Waals surface area contributed by atoms with Gasteiger partial charge in [0.2, 0.25) is 5.91 Å². The smallest absolute Gasteiger partial charge is 0.408 e. The van der Waals surface area contributed by atoms with Gasteiger partial charge in [0, 0.05) is 0 Å². The summed E-state index contributed by atoms with van der Waals surface area (Å²) in [6, 6.07) is 7.80. The Kier molecular flexibility index (Phi) is 8.96. The molecule has 1 aromatic rings. The van der Waals surface area contributed by atoms with Crippen LogP contribution in [0.25, 0.3) is 0 Å². The second-order valence-corrected chi connectivity index (χ2v) is 7.84. The highest BCUT2D eigenvalue weighted by atomic mass is 16.5. The molecule has 7 nitrogen and oxygen atoms in total. The Balaban J connectivity index is 1.97. The van der Waals surface area contributed by atoms with Crippen LogP contribution >= 0.6 is 0 Å². The monoisotopic (exact) mass is 404 g/mol. The third kappa shape index (κ3) is 7.07. The molecule has 1 aromatic carbocycles. The van der Waals surface area contributed by atoms with E-state index < -0.39 is 30.1 Å². The van der Waals surface area contributed by atoms with Crippen molar-refractivity contribution in [3.63, 3.8) is 0 Å². The molecular weight excluding hydrogens is 372 g/mol. The Labute approximate surface area is 172 Å². The van der Waals surface area contributed by atoms with Gasteiger partial charge in [0.1, 0.15) is 18.7 Å². The van der Waals surface area contributed by atoms with Gasteiger partial charge >= 0.3 is 12.1 Å². The van der Waals surface area contributed by atoms with Gasteiger partial charge in [-0.05, 0) is 30.2 Å². The first-order chi connectivity index (χ1) is 13.9. The van der Waals surface area contributed by atoms with Crippen molar-refractivity contribution in [3.05, 3.63) is 35.9 Å². The van der Waals surface area contributed by atoms with Crippen molar-refractivity contribution >= 4 is 18.0 Å². The van der Waals surface area contributed by atoms with Crippen molar-refractivity contribution in [2.75, 3.05) is 7.11 Å². The minimum Gasteiger partial charge on any atom is -0.467 e. The third-order valence-corrected chi connectivity index (χ3v) is 5.31. The van der Waals surface area contributed by atoms with Crippen molar-refractivity contribution in [2.45, 2.75) is 64.6 Å². The van der Waals surface area contributed by atoms with Crippen LogP contribution in [0.15, 0.2) is 30.3 Å². The molecule has 0 saturated heterocycles. The van der Waals surface area contributed by atoms with E-state index in [-0.39, 0.29) is 18.4 Å². The number of benzene rings is 1. The van der Waals surface area contributed by atoms with Gasteiger partial charge in [-0.2, -0.15) is 0 Å². The van der Waals surface area contributed by atoms with Crippen LogP contribution in [0.3, 0.4) is 0 Å². The summed E-state index contributed by atoms with van der Waals surface area (Å²) in [5, 5.41) is 5.44. The maximum absolute atomic E-state index is 12.9. The predicted molar refractivity (Wildman–Crippen MR) is 109 cm³/mol. The van der Waals surface area contributed by atoms with Gasteiger partial charge in [0.05, 0.1) is 7.11 Å². The highest BCUT2D eigenvalue weighted by molar-refractivity contribution is 5.90. The summed E-state index contributed by atoms with van der Waals surface area (Å²) in [6.07, 6.45) is 4.28. The van der Waals surface area contributed by atoms with Crippen LogP contribution in [-0.4, -0.2) is 37.2 Å². The molecule has 1 saturated carbocycles. The molecule has 2 unspecified atom stereocenters. The van der Waals surface area contributed by atoms with Crippen LogP contribution in [-0.2, 0) is 25.7 Å². The lowest BCUT2D eigenvalue weighted by atomic mass is 9.83. The molecule has 1 fully saturated rings. The number of carbonyl (C=O) groups excluding carboxylic acids is 3. The van der Waals surface area contributed by atoms with E-state index >= 15 is 0 Å². The zero-order valence-electron chi connectivity index (χ0n) is 17.5. The lowest BCUT2D eigenvalue weighted by molar-refractivity contribution is -0.147. The van der Waals surface area contributed by atoms with Gasteiger partial charge in [0.15, 0.2) is 0 Å². The van der Waals surface area contributed by atoms with Crippen LogP contribution in [0.5, 0.6) is 0 Å². The van der Waals surface area contributed by atoms with Crippen molar-refractivity contribution in [3.8, 4) is 0 Å². The Bertz CT molecular complexity index is 671. The summed E-state index contributed by atoms with van der Waals surface area (Å²) in [4.78, 5) is 37.4. The molecular formula is C22H32N2O5. The van der Waals surface area contributed by atoms with Crippen LogP contribution in [0.2, 0.25) is 0 Å². The number of alkyl carbamates (subject to hydrolysis) is 1. The average Bonchev–Trinajstić information content (AvgIpc) is 2.74. The largest absolute Gasteiger partial charge is 0.467 e. The number of ether oxygens (including phenoxy) is 2. The van der Waals surface area contributed by atoms with Gasteiger partial charge < -0.3 is 20.1 Å². The lowest BCUT2D eigenvalue weighted by Gasteiger charge is -2.31. The fourth-order valence-corrected chi connectivity index (χ4v) is 3.63. The number of amides is 2. The SMILES string of the molecule is COC(=O)C(NC(=O)C(NC(=O)OCc1ccccc1)C(C)C)C1CCCCC1. The highest BCUT2D eigenvalue weighted by Crippen LogP contribution is 2.27. The fraction of sp³-hybridized carbons (Fsp3) is 0.591. The first-order valence-electron chi connectivity index (χ1n) is 10.3. The number of esters is 1. The van der Waals surface area contributed by atoms with E-state index in [1.807, 2.05) is 44.2 Å². The fourth-order valence-electron chi connectivity index (χ4n) is 3.63. The quantitative estimate of drug-likeness (QED) is 0.649.